The van der Waals surface area contributed by atoms with E-state index in [1.165, 1.54) is 11.8 Å². The standard InChI is InChI=1S/C28H38O5S/c1-5-27(4)14-22(33-23(31)16-34-20-8-6-7-19(13-20)15-29)24-17(2)9-11-28(18(3)26(27)32)12-10-21(30)25(24)28/h5-8,13,17-18,22,24-26,29,32H,1,9-12,14-16H2,2-4H3/t17?,18-,22+,24?,25?,26-,27+,28?/m0/s1. The highest BCUT2D eigenvalue weighted by Crippen LogP contribution is 2.63. The van der Waals surface area contributed by atoms with Gasteiger partial charge in [-0.1, -0.05) is 39.0 Å². The van der Waals surface area contributed by atoms with Crippen molar-refractivity contribution in [2.45, 2.75) is 76.6 Å². The molecule has 0 saturated heterocycles. The van der Waals surface area contributed by atoms with Crippen LogP contribution in [-0.4, -0.2) is 39.9 Å². The Hall–Kier alpha value is -1.63. The lowest BCUT2D eigenvalue weighted by molar-refractivity contribution is -0.179. The van der Waals surface area contributed by atoms with Crippen molar-refractivity contribution in [3.05, 3.63) is 42.5 Å². The third kappa shape index (κ3) is 4.38. The van der Waals surface area contributed by atoms with E-state index in [4.69, 9.17) is 4.74 Å². The lowest BCUT2D eigenvalue weighted by Gasteiger charge is -2.57. The number of thioether (sulfide) groups is 1. The van der Waals surface area contributed by atoms with Gasteiger partial charge in [0, 0.05) is 28.6 Å². The largest absolute Gasteiger partial charge is 0.461 e. The second-order valence-corrected chi connectivity index (χ2v) is 12.1. The second-order valence-electron chi connectivity index (χ2n) is 11.0. The van der Waals surface area contributed by atoms with Crippen LogP contribution in [0.25, 0.3) is 0 Å². The summed E-state index contributed by atoms with van der Waals surface area (Å²) in [7, 11) is 0. The summed E-state index contributed by atoms with van der Waals surface area (Å²) in [4.78, 5) is 27.2. The number of carbonyl (C=O) groups is 2. The smallest absolute Gasteiger partial charge is 0.316 e. The minimum absolute atomic E-state index is 0.0204. The van der Waals surface area contributed by atoms with Crippen LogP contribution in [0.3, 0.4) is 0 Å². The van der Waals surface area contributed by atoms with Crippen molar-refractivity contribution in [2.24, 2.45) is 34.5 Å². The van der Waals surface area contributed by atoms with E-state index in [0.29, 0.717) is 12.8 Å². The second kappa shape index (κ2) is 9.79. The molecule has 0 aliphatic heterocycles. The molecule has 0 amide bonds. The topological polar surface area (TPSA) is 83.8 Å². The van der Waals surface area contributed by atoms with E-state index in [1.54, 1.807) is 0 Å². The molecule has 3 saturated carbocycles. The molecule has 4 rings (SSSR count). The van der Waals surface area contributed by atoms with Crippen LogP contribution in [0.4, 0.5) is 0 Å². The Kier molecular flexibility index (Phi) is 7.33. The Morgan fingerprint density at radius 3 is 2.79 bits per heavy atom. The normalized spacial score (nSPS) is 39.6. The Morgan fingerprint density at radius 1 is 1.32 bits per heavy atom. The zero-order chi connectivity index (χ0) is 24.7. The number of ketones is 1. The molecule has 5 nitrogen and oxygen atoms in total. The first kappa shape index (κ1) is 25.5. The zero-order valence-corrected chi connectivity index (χ0v) is 21.4. The van der Waals surface area contributed by atoms with Crippen molar-refractivity contribution in [1.82, 2.24) is 0 Å². The molecule has 8 atom stereocenters. The first-order valence-corrected chi connectivity index (χ1v) is 13.5. The van der Waals surface area contributed by atoms with Gasteiger partial charge in [-0.05, 0) is 60.6 Å². The monoisotopic (exact) mass is 486 g/mol. The van der Waals surface area contributed by atoms with Gasteiger partial charge < -0.3 is 14.9 Å². The van der Waals surface area contributed by atoms with Crippen molar-refractivity contribution >= 4 is 23.5 Å². The van der Waals surface area contributed by atoms with Gasteiger partial charge in [0.25, 0.3) is 0 Å². The first-order valence-electron chi connectivity index (χ1n) is 12.5. The Labute approximate surface area is 207 Å². The van der Waals surface area contributed by atoms with Gasteiger partial charge in [-0.25, -0.2) is 0 Å². The summed E-state index contributed by atoms with van der Waals surface area (Å²) in [6.45, 7) is 10.3. The summed E-state index contributed by atoms with van der Waals surface area (Å²) in [5.41, 5.74) is -0.0376. The van der Waals surface area contributed by atoms with Crippen molar-refractivity contribution in [3.8, 4) is 0 Å². The number of carbonyl (C=O) groups excluding carboxylic acids is 2. The van der Waals surface area contributed by atoms with Crippen LogP contribution in [0.5, 0.6) is 0 Å². The molecule has 0 spiro atoms. The molecule has 4 unspecified atom stereocenters. The van der Waals surface area contributed by atoms with Crippen LogP contribution in [0.1, 0.15) is 58.4 Å². The van der Waals surface area contributed by atoms with Crippen LogP contribution in [0.15, 0.2) is 41.8 Å². The molecule has 1 aromatic carbocycles. The highest BCUT2D eigenvalue weighted by molar-refractivity contribution is 8.00. The summed E-state index contributed by atoms with van der Waals surface area (Å²) in [5, 5.41) is 20.9. The molecule has 0 aromatic heterocycles. The SMILES string of the molecule is C=C[C@]1(C)C[C@@H](OC(=O)CSc2cccc(CO)c2)C2C(C)CCC3(CCC(=O)C23)[C@@H](C)[C@@H]1O. The van der Waals surface area contributed by atoms with Crippen LogP contribution in [0.2, 0.25) is 0 Å². The van der Waals surface area contributed by atoms with Crippen LogP contribution < -0.4 is 0 Å². The Bertz CT molecular complexity index is 946. The Morgan fingerprint density at radius 2 is 2.09 bits per heavy atom. The number of benzene rings is 1. The van der Waals surface area contributed by atoms with Crippen LogP contribution >= 0.6 is 11.8 Å². The number of hydrogen-bond donors (Lipinski definition) is 2. The lowest BCUT2D eigenvalue weighted by atomic mass is 9.49. The van der Waals surface area contributed by atoms with Crippen LogP contribution in [-0.2, 0) is 20.9 Å². The van der Waals surface area contributed by atoms with Crippen LogP contribution in [0, 0.1) is 34.5 Å². The Balaban J connectivity index is 1.61. The van der Waals surface area contributed by atoms with Gasteiger partial charge >= 0.3 is 5.97 Å². The predicted octanol–water partition coefficient (Wildman–Crippen LogP) is 4.79. The lowest BCUT2D eigenvalue weighted by Crippen LogP contribution is -2.58. The molecule has 0 heterocycles. The summed E-state index contributed by atoms with van der Waals surface area (Å²) in [5.74, 6) is 0.157. The summed E-state index contributed by atoms with van der Waals surface area (Å²) >= 11 is 1.38. The number of rotatable bonds is 6. The molecule has 2 N–H and O–H groups in total. The number of aliphatic hydroxyl groups excluding tert-OH is 2. The minimum Gasteiger partial charge on any atom is -0.461 e. The van der Waals surface area contributed by atoms with Gasteiger partial charge in [-0.15, -0.1) is 18.3 Å². The third-order valence-electron chi connectivity index (χ3n) is 9.22. The molecule has 34 heavy (non-hydrogen) atoms. The fourth-order valence-corrected chi connectivity index (χ4v) is 7.94. The van der Waals surface area contributed by atoms with Crippen molar-refractivity contribution in [1.29, 1.82) is 0 Å². The first-order chi connectivity index (χ1) is 16.1. The molecule has 6 heteroatoms. The quantitative estimate of drug-likeness (QED) is 0.342. The van der Waals surface area contributed by atoms with Gasteiger partial charge in [-0.3, -0.25) is 9.59 Å². The zero-order valence-electron chi connectivity index (χ0n) is 20.5. The van der Waals surface area contributed by atoms with Gasteiger partial charge in [0.2, 0.25) is 0 Å². The molecular weight excluding hydrogens is 448 g/mol. The highest BCUT2D eigenvalue weighted by Gasteiger charge is 2.63. The average molecular weight is 487 g/mol. The van der Waals surface area contributed by atoms with Gasteiger partial charge in [0.05, 0.1) is 18.5 Å². The number of hydrogen-bond acceptors (Lipinski definition) is 6. The molecule has 0 radical (unpaired) electrons. The van der Waals surface area contributed by atoms with Gasteiger partial charge in [0.1, 0.15) is 11.9 Å². The molecular formula is C28H38O5S. The molecule has 3 aliphatic rings. The molecule has 1 aromatic rings. The van der Waals surface area contributed by atoms with Crippen molar-refractivity contribution in [3.63, 3.8) is 0 Å². The van der Waals surface area contributed by atoms with E-state index in [9.17, 15) is 19.8 Å². The maximum atomic E-state index is 13.2. The van der Waals surface area contributed by atoms with Gasteiger partial charge in [0.15, 0.2) is 0 Å². The molecule has 3 aliphatic carbocycles. The van der Waals surface area contributed by atoms with E-state index < -0.39 is 17.6 Å². The van der Waals surface area contributed by atoms with Gasteiger partial charge in [-0.2, -0.15) is 0 Å². The maximum absolute atomic E-state index is 13.2. The number of aliphatic hydroxyl groups is 2. The number of ether oxygens (including phenoxy) is 1. The fraction of sp³-hybridized carbons (Fsp3) is 0.643. The summed E-state index contributed by atoms with van der Waals surface area (Å²) in [6.07, 6.45) is 4.47. The van der Waals surface area contributed by atoms with E-state index >= 15 is 0 Å². The van der Waals surface area contributed by atoms with Crippen molar-refractivity contribution < 1.29 is 24.5 Å². The molecule has 3 fully saturated rings. The maximum Gasteiger partial charge on any atom is 0.316 e. The molecule has 2 bridgehead atoms. The minimum atomic E-state index is -0.649. The summed E-state index contributed by atoms with van der Waals surface area (Å²) < 4.78 is 6.18. The molecule has 186 valence electrons. The third-order valence-corrected chi connectivity index (χ3v) is 10.2. The summed E-state index contributed by atoms with van der Waals surface area (Å²) in [6, 6.07) is 7.49. The number of Topliss-reactive ketones (excluding diaryl/α,β-unsaturated/α-hetero) is 1. The number of esters is 1. The highest BCUT2D eigenvalue weighted by atomic mass is 32.2. The van der Waals surface area contributed by atoms with E-state index in [-0.39, 0.29) is 53.2 Å². The fourth-order valence-electron chi connectivity index (χ4n) is 7.18. The predicted molar refractivity (Wildman–Crippen MR) is 133 cm³/mol. The van der Waals surface area contributed by atoms with E-state index in [1.807, 2.05) is 37.3 Å². The van der Waals surface area contributed by atoms with E-state index in [2.05, 4.69) is 20.4 Å². The average Bonchev–Trinajstić information content (AvgIpc) is 3.18. The van der Waals surface area contributed by atoms with E-state index in [0.717, 1.165) is 29.7 Å². The van der Waals surface area contributed by atoms with Crippen molar-refractivity contribution in [2.75, 3.05) is 5.75 Å².